The molecule has 0 radical (unpaired) electrons. The number of fused-ring (bicyclic) bond motifs is 1. The largest absolute Gasteiger partial charge is 0.494 e. The number of nitrogens with one attached hydrogen (secondary N) is 1. The second-order valence-electron chi connectivity index (χ2n) is 6.74. The van der Waals surface area contributed by atoms with E-state index in [1.165, 1.54) is 25.4 Å². The quantitative estimate of drug-likeness (QED) is 0.725. The molecule has 28 heavy (non-hydrogen) atoms. The monoisotopic (exact) mass is 387 g/mol. The topological polar surface area (TPSA) is 98.1 Å². The molecule has 1 aliphatic rings. The molecule has 0 bridgehead atoms. The van der Waals surface area contributed by atoms with Crippen LogP contribution in [0.4, 0.5) is 10.3 Å². The van der Waals surface area contributed by atoms with Gasteiger partial charge in [-0.1, -0.05) is 5.10 Å². The Balaban J connectivity index is 0.00000240. The summed E-state index contributed by atoms with van der Waals surface area (Å²) in [5.74, 6) is 0.146. The molecule has 1 aromatic carbocycles. The molecule has 1 saturated heterocycles. The van der Waals surface area contributed by atoms with Crippen LogP contribution in [0.25, 0.3) is 10.9 Å². The molecule has 0 spiro atoms. The molecule has 2 aromatic heterocycles. The number of anilines is 1. The minimum absolute atomic E-state index is 0. The van der Waals surface area contributed by atoms with Crippen LogP contribution in [0.3, 0.4) is 0 Å². The van der Waals surface area contributed by atoms with E-state index in [9.17, 15) is 9.18 Å². The van der Waals surface area contributed by atoms with Crippen LogP contribution in [0.1, 0.15) is 24.6 Å². The number of amides is 1. The Hall–Kier alpha value is -3.30. The molecule has 3 aromatic rings. The Morgan fingerprint density at radius 3 is 2.79 bits per heavy atom. The van der Waals surface area contributed by atoms with E-state index in [-0.39, 0.29) is 19.1 Å². The summed E-state index contributed by atoms with van der Waals surface area (Å²) in [6.45, 7) is 1.50. The first-order valence-corrected chi connectivity index (χ1v) is 8.96. The van der Waals surface area contributed by atoms with Crippen LogP contribution in [0.5, 0.6) is 5.75 Å². The van der Waals surface area contributed by atoms with E-state index in [0.717, 1.165) is 31.9 Å². The Morgan fingerprint density at radius 2 is 2.11 bits per heavy atom. The van der Waals surface area contributed by atoms with E-state index >= 15 is 0 Å². The number of ether oxygens (including phenoxy) is 1. The van der Waals surface area contributed by atoms with Crippen molar-refractivity contribution in [2.24, 2.45) is 7.05 Å². The van der Waals surface area contributed by atoms with E-state index < -0.39 is 5.82 Å². The summed E-state index contributed by atoms with van der Waals surface area (Å²) in [6, 6.07) is 4.53. The van der Waals surface area contributed by atoms with Crippen molar-refractivity contribution in [3.05, 3.63) is 35.8 Å². The van der Waals surface area contributed by atoms with E-state index in [1.54, 1.807) is 17.8 Å². The van der Waals surface area contributed by atoms with Crippen molar-refractivity contribution < 1.29 is 15.3 Å². The standard InChI is InChI=1S/C18H20FN7O2.H2/c1-25-18(22-23-24-25)26-5-3-13(4-6-26)21-17(27)12-7-11-8-14(19)16(28-2)9-15(11)20-10-12;/h7-10,13H,3-6H2,1-2H3,(H,21,27);1H. The predicted molar refractivity (Wildman–Crippen MR) is 102 cm³/mol. The highest BCUT2D eigenvalue weighted by Crippen LogP contribution is 2.24. The van der Waals surface area contributed by atoms with E-state index in [2.05, 4.69) is 30.7 Å². The summed E-state index contributed by atoms with van der Waals surface area (Å²) in [4.78, 5) is 19.0. The molecule has 3 heterocycles. The van der Waals surface area contributed by atoms with Gasteiger partial charge in [0, 0.05) is 45.3 Å². The smallest absolute Gasteiger partial charge is 0.253 e. The summed E-state index contributed by atoms with van der Waals surface area (Å²) >= 11 is 0. The molecular weight excluding hydrogens is 365 g/mol. The Bertz CT molecular complexity index is 1020. The third-order valence-corrected chi connectivity index (χ3v) is 4.93. The predicted octanol–water partition coefficient (Wildman–Crippen LogP) is 1.55. The fourth-order valence-electron chi connectivity index (χ4n) is 3.40. The Kier molecular flexibility index (Phi) is 4.76. The molecule has 1 fully saturated rings. The number of aryl methyl sites for hydroxylation is 1. The van der Waals surface area contributed by atoms with Crippen molar-refractivity contribution in [2.75, 3.05) is 25.1 Å². The van der Waals surface area contributed by atoms with Gasteiger partial charge in [0.05, 0.1) is 18.2 Å². The summed E-state index contributed by atoms with van der Waals surface area (Å²) in [5.41, 5.74) is 0.970. The third-order valence-electron chi connectivity index (χ3n) is 4.93. The summed E-state index contributed by atoms with van der Waals surface area (Å²) in [6.07, 6.45) is 3.06. The van der Waals surface area contributed by atoms with Crippen molar-refractivity contribution in [3.63, 3.8) is 0 Å². The van der Waals surface area contributed by atoms with Gasteiger partial charge in [0.1, 0.15) is 0 Å². The molecule has 0 saturated carbocycles. The van der Waals surface area contributed by atoms with Gasteiger partial charge >= 0.3 is 0 Å². The Morgan fingerprint density at radius 1 is 1.32 bits per heavy atom. The maximum Gasteiger partial charge on any atom is 0.253 e. The van der Waals surface area contributed by atoms with Gasteiger partial charge in [0.15, 0.2) is 11.6 Å². The molecule has 148 valence electrons. The van der Waals surface area contributed by atoms with Crippen LogP contribution < -0.4 is 15.0 Å². The van der Waals surface area contributed by atoms with Crippen molar-refractivity contribution in [3.8, 4) is 5.75 Å². The zero-order valence-electron chi connectivity index (χ0n) is 15.6. The van der Waals surface area contributed by atoms with Crippen LogP contribution in [-0.2, 0) is 7.05 Å². The SMILES string of the molecule is COc1cc2ncc(C(=O)NC3CCN(c4nnnn4C)CC3)cc2cc1F.[HH]. The summed E-state index contributed by atoms with van der Waals surface area (Å²) in [7, 11) is 3.20. The van der Waals surface area contributed by atoms with Crippen LogP contribution in [-0.4, -0.2) is 57.3 Å². The second kappa shape index (κ2) is 7.37. The van der Waals surface area contributed by atoms with Crippen LogP contribution in [0.2, 0.25) is 0 Å². The second-order valence-corrected chi connectivity index (χ2v) is 6.74. The molecule has 0 atom stereocenters. The lowest BCUT2D eigenvalue weighted by Gasteiger charge is -2.32. The van der Waals surface area contributed by atoms with Gasteiger partial charge in [-0.25, -0.2) is 9.07 Å². The van der Waals surface area contributed by atoms with Crippen LogP contribution in [0, 0.1) is 5.82 Å². The fraction of sp³-hybridized carbons (Fsp3) is 0.389. The average molecular weight is 387 g/mol. The van der Waals surface area contributed by atoms with Gasteiger partial charge in [-0.2, -0.15) is 0 Å². The summed E-state index contributed by atoms with van der Waals surface area (Å²) in [5, 5.41) is 15.1. The van der Waals surface area contributed by atoms with E-state index in [0.29, 0.717) is 16.5 Å². The van der Waals surface area contributed by atoms with Gasteiger partial charge < -0.3 is 15.0 Å². The summed E-state index contributed by atoms with van der Waals surface area (Å²) < 4.78 is 20.5. The molecule has 4 rings (SSSR count). The number of methoxy groups -OCH3 is 1. The van der Waals surface area contributed by atoms with Gasteiger partial charge in [-0.3, -0.25) is 9.78 Å². The van der Waals surface area contributed by atoms with Gasteiger partial charge in [-0.15, -0.1) is 0 Å². The lowest BCUT2D eigenvalue weighted by atomic mass is 10.0. The first-order chi connectivity index (χ1) is 13.5. The number of carbonyl (C=O) groups excluding carboxylic acids is 1. The van der Waals surface area contributed by atoms with E-state index in [4.69, 9.17) is 4.74 Å². The van der Waals surface area contributed by atoms with Crippen molar-refractivity contribution in [1.82, 2.24) is 30.5 Å². The molecule has 9 nitrogen and oxygen atoms in total. The molecule has 1 aliphatic heterocycles. The first-order valence-electron chi connectivity index (χ1n) is 8.96. The number of pyridine rings is 1. The number of hydrogen-bond acceptors (Lipinski definition) is 7. The number of nitrogens with zero attached hydrogens (tertiary/aromatic N) is 6. The zero-order valence-corrected chi connectivity index (χ0v) is 15.6. The number of rotatable bonds is 4. The number of carbonyl (C=O) groups is 1. The zero-order chi connectivity index (χ0) is 19.7. The van der Waals surface area contributed by atoms with Crippen molar-refractivity contribution in [1.29, 1.82) is 0 Å². The lowest BCUT2D eigenvalue weighted by Crippen LogP contribution is -2.45. The highest BCUT2D eigenvalue weighted by atomic mass is 19.1. The fourth-order valence-corrected chi connectivity index (χ4v) is 3.40. The minimum Gasteiger partial charge on any atom is -0.494 e. The van der Waals surface area contributed by atoms with Gasteiger partial charge in [0.25, 0.3) is 5.91 Å². The number of piperidine rings is 1. The van der Waals surface area contributed by atoms with Crippen molar-refractivity contribution in [2.45, 2.75) is 18.9 Å². The van der Waals surface area contributed by atoms with Crippen LogP contribution in [0.15, 0.2) is 24.4 Å². The molecule has 1 amide bonds. The third kappa shape index (κ3) is 3.45. The number of hydrogen-bond donors (Lipinski definition) is 1. The van der Waals surface area contributed by atoms with Crippen molar-refractivity contribution >= 4 is 22.8 Å². The lowest BCUT2D eigenvalue weighted by molar-refractivity contribution is 0.0931. The number of benzene rings is 1. The number of aromatic nitrogens is 5. The molecule has 1 N–H and O–H groups in total. The highest BCUT2D eigenvalue weighted by Gasteiger charge is 2.24. The Labute approximate surface area is 162 Å². The highest BCUT2D eigenvalue weighted by molar-refractivity contribution is 5.97. The average Bonchev–Trinajstić information content (AvgIpc) is 3.13. The molecule has 0 unspecified atom stereocenters. The molecular formula is C18H22FN7O2. The van der Waals surface area contributed by atoms with Crippen LogP contribution >= 0.6 is 0 Å². The molecule has 0 aliphatic carbocycles. The normalized spacial score (nSPS) is 15.0. The maximum atomic E-state index is 13.9. The first kappa shape index (κ1) is 18.1. The number of tetrazole rings is 1. The van der Waals surface area contributed by atoms with Gasteiger partial charge in [-0.05, 0) is 35.4 Å². The van der Waals surface area contributed by atoms with E-state index in [1.807, 2.05) is 0 Å². The molecule has 10 heteroatoms. The minimum atomic E-state index is -0.486. The number of halogens is 1. The maximum absolute atomic E-state index is 13.9. The van der Waals surface area contributed by atoms with Gasteiger partial charge in [0.2, 0.25) is 5.95 Å².